The van der Waals surface area contributed by atoms with Crippen molar-refractivity contribution in [3.8, 4) is 0 Å². The first-order valence-electron chi connectivity index (χ1n) is 7.61. The van der Waals surface area contributed by atoms with Gasteiger partial charge in [-0.15, -0.1) is 0 Å². The van der Waals surface area contributed by atoms with E-state index in [1.807, 2.05) is 0 Å². The van der Waals surface area contributed by atoms with Crippen LogP contribution >= 0.6 is 15.9 Å². The van der Waals surface area contributed by atoms with Crippen LogP contribution in [0.15, 0.2) is 16.6 Å². The van der Waals surface area contributed by atoms with E-state index in [2.05, 4.69) is 40.0 Å². The lowest BCUT2D eigenvalue weighted by atomic mass is 9.90. The van der Waals surface area contributed by atoms with E-state index in [-0.39, 0.29) is 21.9 Å². The minimum atomic E-state index is -0.409. The summed E-state index contributed by atoms with van der Waals surface area (Å²) in [5.74, 6) is -0.115. The molecule has 1 aromatic rings. The molecule has 1 aliphatic heterocycles. The van der Waals surface area contributed by atoms with Crippen molar-refractivity contribution < 1.29 is 8.78 Å². The second-order valence-corrected chi connectivity index (χ2v) is 7.33. The fourth-order valence-corrected chi connectivity index (χ4v) is 3.69. The fraction of sp³-hybridized carbons (Fsp3) is 0.625. The minimum absolute atomic E-state index is 0.00165. The number of hydrogen-bond donors (Lipinski definition) is 1. The van der Waals surface area contributed by atoms with Crippen LogP contribution in [0.2, 0.25) is 0 Å². The van der Waals surface area contributed by atoms with Crippen LogP contribution in [0.1, 0.15) is 33.1 Å². The standard InChI is InChI=1S/C16H21BrF2N2/c1-3-11-8-20-16(2,10-4-5-10)9-21(11)15-7-13(18)12(17)6-14(15)19/h6-7,10-11,20H,3-5,8-9H2,1-2H3. The lowest BCUT2D eigenvalue weighted by Crippen LogP contribution is -2.64. The molecule has 1 saturated carbocycles. The SMILES string of the molecule is CCC1CNC(C)(C2CC2)CN1c1cc(F)c(Br)cc1F. The highest BCUT2D eigenvalue weighted by molar-refractivity contribution is 9.10. The minimum Gasteiger partial charge on any atom is -0.363 e. The van der Waals surface area contributed by atoms with E-state index in [9.17, 15) is 8.78 Å². The van der Waals surface area contributed by atoms with Gasteiger partial charge in [0.05, 0.1) is 10.2 Å². The molecule has 2 aliphatic rings. The average molecular weight is 359 g/mol. The van der Waals surface area contributed by atoms with Crippen molar-refractivity contribution in [1.82, 2.24) is 5.32 Å². The smallest absolute Gasteiger partial charge is 0.147 e. The highest BCUT2D eigenvalue weighted by Crippen LogP contribution is 2.42. The molecule has 2 unspecified atom stereocenters. The van der Waals surface area contributed by atoms with Gasteiger partial charge >= 0.3 is 0 Å². The molecule has 2 fully saturated rings. The van der Waals surface area contributed by atoms with Crippen molar-refractivity contribution in [3.63, 3.8) is 0 Å². The predicted molar refractivity (Wildman–Crippen MR) is 84.6 cm³/mol. The maximum Gasteiger partial charge on any atom is 0.147 e. The van der Waals surface area contributed by atoms with Crippen LogP contribution in [0.25, 0.3) is 0 Å². The summed E-state index contributed by atoms with van der Waals surface area (Å²) in [6, 6.07) is 2.75. The van der Waals surface area contributed by atoms with Crippen LogP contribution in [0.5, 0.6) is 0 Å². The number of piperazine rings is 1. The van der Waals surface area contributed by atoms with Crippen molar-refractivity contribution in [2.45, 2.75) is 44.7 Å². The molecule has 116 valence electrons. The molecule has 1 aliphatic carbocycles. The molecule has 2 atom stereocenters. The Labute approximate surface area is 133 Å². The quantitative estimate of drug-likeness (QED) is 0.818. The van der Waals surface area contributed by atoms with Crippen molar-refractivity contribution in [1.29, 1.82) is 0 Å². The van der Waals surface area contributed by atoms with Gasteiger partial charge in [-0.1, -0.05) is 6.92 Å². The second kappa shape index (κ2) is 5.51. The van der Waals surface area contributed by atoms with Gasteiger partial charge < -0.3 is 10.2 Å². The summed E-state index contributed by atoms with van der Waals surface area (Å²) in [7, 11) is 0. The first kappa shape index (κ1) is 15.2. The number of anilines is 1. The highest BCUT2D eigenvalue weighted by Gasteiger charge is 2.46. The Kier molecular flexibility index (Phi) is 3.99. The molecule has 2 nitrogen and oxygen atoms in total. The second-order valence-electron chi connectivity index (χ2n) is 6.48. The fourth-order valence-electron chi connectivity index (χ4n) is 3.37. The van der Waals surface area contributed by atoms with E-state index in [1.165, 1.54) is 25.0 Å². The van der Waals surface area contributed by atoms with Crippen LogP contribution in [0, 0.1) is 17.6 Å². The summed E-state index contributed by atoms with van der Waals surface area (Å²) in [5.41, 5.74) is 0.387. The molecule has 0 radical (unpaired) electrons. The van der Waals surface area contributed by atoms with Crippen molar-refractivity contribution in [3.05, 3.63) is 28.2 Å². The normalized spacial score (nSPS) is 29.8. The number of rotatable bonds is 3. The maximum absolute atomic E-state index is 14.3. The maximum atomic E-state index is 14.3. The summed E-state index contributed by atoms with van der Waals surface area (Å²) in [4.78, 5) is 2.06. The molecular weight excluding hydrogens is 338 g/mol. The van der Waals surface area contributed by atoms with Crippen molar-refractivity contribution in [2.75, 3.05) is 18.0 Å². The molecule has 1 saturated heterocycles. The Morgan fingerprint density at radius 1 is 1.33 bits per heavy atom. The predicted octanol–water partition coefficient (Wildman–Crippen LogP) is 4.08. The first-order chi connectivity index (χ1) is 9.94. The lowest BCUT2D eigenvalue weighted by Gasteiger charge is -2.47. The van der Waals surface area contributed by atoms with Crippen molar-refractivity contribution in [2.24, 2.45) is 5.92 Å². The van der Waals surface area contributed by atoms with Gasteiger partial charge in [0.1, 0.15) is 11.6 Å². The summed E-state index contributed by atoms with van der Waals surface area (Å²) in [6.07, 6.45) is 3.36. The van der Waals surface area contributed by atoms with E-state index in [4.69, 9.17) is 0 Å². The van der Waals surface area contributed by atoms with Gasteiger partial charge in [0, 0.05) is 30.7 Å². The largest absolute Gasteiger partial charge is 0.363 e. The van der Waals surface area contributed by atoms with Crippen LogP contribution in [0.3, 0.4) is 0 Å². The average Bonchev–Trinajstić information content (AvgIpc) is 3.28. The van der Waals surface area contributed by atoms with Gasteiger partial charge in [0.2, 0.25) is 0 Å². The molecule has 1 N–H and O–H groups in total. The molecule has 0 amide bonds. The summed E-state index contributed by atoms with van der Waals surface area (Å²) in [6.45, 7) is 5.84. The van der Waals surface area contributed by atoms with Gasteiger partial charge in [0.15, 0.2) is 0 Å². The summed E-state index contributed by atoms with van der Waals surface area (Å²) in [5, 5.41) is 3.64. The molecule has 5 heteroatoms. The Hall–Kier alpha value is -0.680. The van der Waals surface area contributed by atoms with Crippen LogP contribution in [-0.2, 0) is 0 Å². The number of benzene rings is 1. The Morgan fingerprint density at radius 3 is 2.67 bits per heavy atom. The van der Waals surface area contributed by atoms with E-state index in [0.29, 0.717) is 11.6 Å². The van der Waals surface area contributed by atoms with Crippen molar-refractivity contribution >= 4 is 21.6 Å². The van der Waals surface area contributed by atoms with E-state index in [0.717, 1.165) is 19.5 Å². The highest BCUT2D eigenvalue weighted by atomic mass is 79.9. The Morgan fingerprint density at radius 2 is 2.05 bits per heavy atom. The molecule has 0 aromatic heterocycles. The number of nitrogens with one attached hydrogen (secondary N) is 1. The third kappa shape index (κ3) is 2.82. The molecule has 3 rings (SSSR count). The lowest BCUT2D eigenvalue weighted by molar-refractivity contribution is 0.251. The Bertz CT molecular complexity index is 547. The van der Waals surface area contributed by atoms with E-state index in [1.54, 1.807) is 0 Å². The van der Waals surface area contributed by atoms with Gasteiger partial charge in [-0.05, 0) is 54.1 Å². The zero-order chi connectivity index (χ0) is 15.2. The zero-order valence-electron chi connectivity index (χ0n) is 12.4. The van der Waals surface area contributed by atoms with Gasteiger partial charge in [0.25, 0.3) is 0 Å². The molecule has 0 bridgehead atoms. The monoisotopic (exact) mass is 358 g/mol. The third-order valence-electron chi connectivity index (χ3n) is 4.93. The molecular formula is C16H21BrF2N2. The number of halogens is 3. The van der Waals surface area contributed by atoms with Crippen LogP contribution < -0.4 is 10.2 Å². The molecule has 1 aromatic carbocycles. The zero-order valence-corrected chi connectivity index (χ0v) is 14.0. The van der Waals surface area contributed by atoms with E-state index < -0.39 is 5.82 Å². The first-order valence-corrected chi connectivity index (χ1v) is 8.40. The van der Waals surface area contributed by atoms with Crippen LogP contribution in [-0.4, -0.2) is 24.7 Å². The van der Waals surface area contributed by atoms with Gasteiger partial charge in [-0.3, -0.25) is 0 Å². The number of hydrogen-bond acceptors (Lipinski definition) is 2. The van der Waals surface area contributed by atoms with Gasteiger partial charge in [-0.2, -0.15) is 0 Å². The number of nitrogens with zero attached hydrogens (tertiary/aromatic N) is 1. The topological polar surface area (TPSA) is 15.3 Å². The van der Waals surface area contributed by atoms with E-state index >= 15 is 0 Å². The molecule has 1 heterocycles. The third-order valence-corrected chi connectivity index (χ3v) is 5.54. The Balaban J connectivity index is 1.94. The van der Waals surface area contributed by atoms with Gasteiger partial charge in [-0.25, -0.2) is 8.78 Å². The molecule has 21 heavy (non-hydrogen) atoms. The summed E-state index contributed by atoms with van der Waals surface area (Å²) >= 11 is 3.05. The summed E-state index contributed by atoms with van der Waals surface area (Å²) < 4.78 is 28.4. The van der Waals surface area contributed by atoms with Crippen LogP contribution in [0.4, 0.5) is 14.5 Å². The molecule has 0 spiro atoms.